The molecule has 0 saturated carbocycles. The van der Waals surface area contributed by atoms with Crippen LogP contribution in [-0.2, 0) is 6.42 Å². The van der Waals surface area contributed by atoms with Gasteiger partial charge in [-0.1, -0.05) is 29.8 Å². The van der Waals surface area contributed by atoms with Crippen LogP contribution in [-0.4, -0.2) is 35.7 Å². The summed E-state index contributed by atoms with van der Waals surface area (Å²) in [6, 6.07) is 8.07. The van der Waals surface area contributed by atoms with E-state index in [-0.39, 0.29) is 6.10 Å². The lowest BCUT2D eigenvalue weighted by atomic mass is 9.92. The fourth-order valence-corrected chi connectivity index (χ4v) is 2.87. The lowest BCUT2D eigenvalue weighted by Gasteiger charge is -2.33. The molecular formula is C15H22ClNO. The lowest BCUT2D eigenvalue weighted by molar-refractivity contribution is 0.0723. The van der Waals surface area contributed by atoms with E-state index in [0.29, 0.717) is 5.92 Å². The Morgan fingerprint density at radius 1 is 1.33 bits per heavy atom. The number of piperidine rings is 1. The van der Waals surface area contributed by atoms with Crippen molar-refractivity contribution >= 4 is 11.6 Å². The number of aliphatic hydroxyl groups is 1. The molecule has 1 aliphatic heterocycles. The Bertz CT molecular complexity index is 373. The summed E-state index contributed by atoms with van der Waals surface area (Å²) in [6.45, 7) is 5.17. The van der Waals surface area contributed by atoms with Gasteiger partial charge in [0.25, 0.3) is 0 Å². The highest BCUT2D eigenvalue weighted by Gasteiger charge is 2.22. The van der Waals surface area contributed by atoms with E-state index in [1.807, 2.05) is 25.1 Å². The zero-order chi connectivity index (χ0) is 13.0. The van der Waals surface area contributed by atoms with Gasteiger partial charge in [-0.2, -0.15) is 0 Å². The minimum atomic E-state index is -0.157. The molecule has 1 aromatic rings. The lowest BCUT2D eigenvalue weighted by Crippen LogP contribution is -2.38. The molecule has 1 unspecified atom stereocenters. The summed E-state index contributed by atoms with van der Waals surface area (Å²) < 4.78 is 0. The van der Waals surface area contributed by atoms with E-state index in [2.05, 4.69) is 11.0 Å². The van der Waals surface area contributed by atoms with Crippen molar-refractivity contribution in [1.82, 2.24) is 4.90 Å². The van der Waals surface area contributed by atoms with E-state index in [4.69, 9.17) is 11.6 Å². The van der Waals surface area contributed by atoms with Crippen molar-refractivity contribution in [2.24, 2.45) is 5.92 Å². The van der Waals surface area contributed by atoms with Gasteiger partial charge in [-0.3, -0.25) is 0 Å². The summed E-state index contributed by atoms with van der Waals surface area (Å²) in [4.78, 5) is 2.47. The topological polar surface area (TPSA) is 23.5 Å². The molecule has 1 aromatic carbocycles. The van der Waals surface area contributed by atoms with Crippen molar-refractivity contribution < 1.29 is 5.11 Å². The molecule has 1 fully saturated rings. The van der Waals surface area contributed by atoms with Gasteiger partial charge in [0.05, 0.1) is 6.10 Å². The van der Waals surface area contributed by atoms with E-state index in [1.54, 1.807) is 0 Å². The fourth-order valence-electron chi connectivity index (χ4n) is 2.64. The number of halogens is 1. The summed E-state index contributed by atoms with van der Waals surface area (Å²) in [6.07, 6.45) is 3.08. The number of hydrogen-bond donors (Lipinski definition) is 1. The van der Waals surface area contributed by atoms with Gasteiger partial charge < -0.3 is 10.0 Å². The highest BCUT2D eigenvalue weighted by molar-refractivity contribution is 6.31. The first-order chi connectivity index (χ1) is 8.66. The molecule has 2 rings (SSSR count). The minimum Gasteiger partial charge on any atom is -0.393 e. The first kappa shape index (κ1) is 13.9. The van der Waals surface area contributed by atoms with Crippen LogP contribution in [0.2, 0.25) is 5.02 Å². The van der Waals surface area contributed by atoms with Crippen LogP contribution in [0.1, 0.15) is 25.3 Å². The first-order valence-electron chi connectivity index (χ1n) is 6.80. The van der Waals surface area contributed by atoms with Gasteiger partial charge in [0.15, 0.2) is 0 Å². The fraction of sp³-hybridized carbons (Fsp3) is 0.600. The quantitative estimate of drug-likeness (QED) is 0.907. The first-order valence-corrected chi connectivity index (χ1v) is 7.18. The third-order valence-electron chi connectivity index (χ3n) is 3.97. The maximum atomic E-state index is 9.57. The molecule has 18 heavy (non-hydrogen) atoms. The second kappa shape index (κ2) is 6.55. The van der Waals surface area contributed by atoms with Crippen molar-refractivity contribution in [3.8, 4) is 0 Å². The Morgan fingerprint density at radius 2 is 2.00 bits per heavy atom. The third-order valence-corrected chi connectivity index (χ3v) is 4.34. The molecule has 1 atom stereocenters. The maximum absolute atomic E-state index is 9.57. The summed E-state index contributed by atoms with van der Waals surface area (Å²) >= 11 is 6.16. The van der Waals surface area contributed by atoms with E-state index in [9.17, 15) is 5.11 Å². The largest absolute Gasteiger partial charge is 0.393 e. The number of hydrogen-bond acceptors (Lipinski definition) is 2. The molecule has 1 saturated heterocycles. The predicted octanol–water partition coefficient (Wildman–Crippen LogP) is 2.98. The van der Waals surface area contributed by atoms with E-state index < -0.39 is 0 Å². The van der Waals surface area contributed by atoms with Crippen LogP contribution in [0.15, 0.2) is 24.3 Å². The van der Waals surface area contributed by atoms with Crippen LogP contribution in [0.25, 0.3) is 0 Å². The molecule has 0 bridgehead atoms. The van der Waals surface area contributed by atoms with Gasteiger partial charge in [-0.25, -0.2) is 0 Å². The van der Waals surface area contributed by atoms with Gasteiger partial charge in [-0.15, -0.1) is 0 Å². The number of benzene rings is 1. The predicted molar refractivity (Wildman–Crippen MR) is 76.0 cm³/mol. The molecule has 0 aliphatic carbocycles. The maximum Gasteiger partial charge on any atom is 0.0541 e. The number of likely N-dealkylation sites (tertiary alicyclic amines) is 1. The van der Waals surface area contributed by atoms with Gasteiger partial charge in [-0.05, 0) is 56.8 Å². The van der Waals surface area contributed by atoms with Gasteiger partial charge in [0.1, 0.15) is 0 Å². The Labute approximate surface area is 115 Å². The van der Waals surface area contributed by atoms with Crippen LogP contribution in [0, 0.1) is 5.92 Å². The van der Waals surface area contributed by atoms with E-state index in [0.717, 1.165) is 43.9 Å². The van der Waals surface area contributed by atoms with Crippen molar-refractivity contribution in [2.45, 2.75) is 32.3 Å². The summed E-state index contributed by atoms with van der Waals surface area (Å²) in [5.41, 5.74) is 1.23. The molecular weight excluding hydrogens is 246 g/mol. The molecule has 0 aromatic heterocycles. The van der Waals surface area contributed by atoms with Crippen molar-refractivity contribution in [1.29, 1.82) is 0 Å². The Kier molecular flexibility index (Phi) is 5.04. The Balaban J connectivity index is 1.77. The molecule has 1 aliphatic rings. The summed E-state index contributed by atoms with van der Waals surface area (Å²) in [5, 5.41) is 10.4. The molecule has 1 heterocycles. The molecule has 0 spiro atoms. The normalized spacial score (nSPS) is 19.9. The SMILES string of the molecule is CC(O)C1CCN(CCc2ccccc2Cl)CC1. The third kappa shape index (κ3) is 3.71. The number of rotatable bonds is 4. The molecule has 1 N–H and O–H groups in total. The average Bonchev–Trinajstić information content (AvgIpc) is 2.38. The number of nitrogens with zero attached hydrogens (tertiary/aromatic N) is 1. The van der Waals surface area contributed by atoms with E-state index in [1.165, 1.54) is 5.56 Å². The highest BCUT2D eigenvalue weighted by Crippen LogP contribution is 2.21. The summed E-state index contributed by atoms with van der Waals surface area (Å²) in [7, 11) is 0. The Morgan fingerprint density at radius 3 is 2.61 bits per heavy atom. The highest BCUT2D eigenvalue weighted by atomic mass is 35.5. The van der Waals surface area contributed by atoms with Gasteiger partial charge in [0.2, 0.25) is 0 Å². The van der Waals surface area contributed by atoms with Crippen LogP contribution >= 0.6 is 11.6 Å². The second-order valence-electron chi connectivity index (χ2n) is 5.26. The average molecular weight is 268 g/mol. The molecule has 3 heteroatoms. The zero-order valence-corrected chi connectivity index (χ0v) is 11.7. The molecule has 100 valence electrons. The van der Waals surface area contributed by atoms with E-state index >= 15 is 0 Å². The van der Waals surface area contributed by atoms with Crippen molar-refractivity contribution in [2.75, 3.05) is 19.6 Å². The van der Waals surface area contributed by atoms with Gasteiger partial charge >= 0.3 is 0 Å². The van der Waals surface area contributed by atoms with Crippen molar-refractivity contribution in [3.63, 3.8) is 0 Å². The number of aliphatic hydroxyl groups excluding tert-OH is 1. The second-order valence-corrected chi connectivity index (χ2v) is 5.67. The van der Waals surface area contributed by atoms with Crippen molar-refractivity contribution in [3.05, 3.63) is 34.9 Å². The minimum absolute atomic E-state index is 0.157. The molecule has 2 nitrogen and oxygen atoms in total. The van der Waals surface area contributed by atoms with Crippen LogP contribution in [0.5, 0.6) is 0 Å². The summed E-state index contributed by atoms with van der Waals surface area (Å²) in [5.74, 6) is 0.488. The van der Waals surface area contributed by atoms with Gasteiger partial charge in [0, 0.05) is 11.6 Å². The standard InChI is InChI=1S/C15H22ClNO/c1-12(18)13-6-9-17(10-7-13)11-8-14-4-2-3-5-15(14)16/h2-5,12-13,18H,6-11H2,1H3. The van der Waals surface area contributed by atoms with Crippen LogP contribution < -0.4 is 0 Å². The smallest absolute Gasteiger partial charge is 0.0541 e. The van der Waals surface area contributed by atoms with Crippen LogP contribution in [0.3, 0.4) is 0 Å². The molecule has 0 radical (unpaired) electrons. The Hall–Kier alpha value is -0.570. The zero-order valence-electron chi connectivity index (χ0n) is 11.0. The molecule has 0 amide bonds. The monoisotopic (exact) mass is 267 g/mol. The van der Waals surface area contributed by atoms with Crippen LogP contribution in [0.4, 0.5) is 0 Å².